The molecule has 2 unspecified atom stereocenters. The first-order valence-corrected chi connectivity index (χ1v) is 8.47. The molecule has 0 N–H and O–H groups in total. The number of rotatable bonds is 4. The van der Waals surface area contributed by atoms with Gasteiger partial charge in [0.05, 0.1) is 7.11 Å². The molecule has 0 bridgehead atoms. The highest BCUT2D eigenvalue weighted by Gasteiger charge is 2.44. The number of carbonyl (C=O) groups excluding carboxylic acids is 2. The van der Waals surface area contributed by atoms with Crippen LogP contribution in [0.2, 0.25) is 5.02 Å². The third-order valence-electron chi connectivity index (χ3n) is 4.60. The van der Waals surface area contributed by atoms with Crippen LogP contribution in [-0.2, 0) is 9.59 Å². The van der Waals surface area contributed by atoms with Crippen molar-refractivity contribution in [1.29, 1.82) is 0 Å². The minimum Gasteiger partial charge on any atom is -0.496 e. The first-order chi connectivity index (χ1) is 12.5. The summed E-state index contributed by atoms with van der Waals surface area (Å²) in [5, 5.41) is 0.569. The van der Waals surface area contributed by atoms with Crippen LogP contribution in [0.3, 0.4) is 0 Å². The Labute approximate surface area is 156 Å². The van der Waals surface area contributed by atoms with Gasteiger partial charge >= 0.3 is 0 Å². The molecule has 2 atom stereocenters. The SMILES string of the molecule is C#CCC1CC(=O)C(c2c(F)cc(-c3ccc(Cl)cc3)cc2OC)C1=O. The van der Waals surface area contributed by atoms with E-state index in [1.54, 1.807) is 30.3 Å². The third kappa shape index (κ3) is 3.23. The number of hydrogen-bond acceptors (Lipinski definition) is 3. The predicted molar refractivity (Wildman–Crippen MR) is 97.7 cm³/mol. The van der Waals surface area contributed by atoms with Gasteiger partial charge in [0.2, 0.25) is 0 Å². The summed E-state index contributed by atoms with van der Waals surface area (Å²) in [7, 11) is 1.38. The van der Waals surface area contributed by atoms with Gasteiger partial charge in [0.1, 0.15) is 23.3 Å². The van der Waals surface area contributed by atoms with Crippen LogP contribution >= 0.6 is 11.6 Å². The van der Waals surface area contributed by atoms with Crippen molar-refractivity contribution in [3.63, 3.8) is 0 Å². The van der Waals surface area contributed by atoms with E-state index in [-0.39, 0.29) is 35.7 Å². The van der Waals surface area contributed by atoms with E-state index in [9.17, 15) is 14.0 Å². The minimum atomic E-state index is -1.16. The van der Waals surface area contributed by atoms with Crippen molar-refractivity contribution in [2.45, 2.75) is 18.8 Å². The van der Waals surface area contributed by atoms with E-state index in [4.69, 9.17) is 22.8 Å². The molecule has 3 rings (SSSR count). The van der Waals surface area contributed by atoms with Gasteiger partial charge in [0, 0.05) is 29.3 Å². The molecule has 0 radical (unpaired) electrons. The molecule has 0 aliphatic heterocycles. The monoisotopic (exact) mass is 370 g/mol. The molecule has 0 saturated heterocycles. The van der Waals surface area contributed by atoms with Crippen molar-refractivity contribution in [2.24, 2.45) is 5.92 Å². The Morgan fingerprint density at radius 2 is 1.92 bits per heavy atom. The zero-order valence-corrected chi connectivity index (χ0v) is 14.8. The molecular formula is C21H16ClFO3. The molecule has 1 aliphatic rings. The standard InChI is InChI=1S/C21H16ClFO3/c1-3-4-13-10-17(24)20(21(13)25)19-16(23)9-14(11-18(19)26-2)12-5-7-15(22)8-6-12/h1,5-9,11,13,20H,4,10H2,2H3. The van der Waals surface area contributed by atoms with Gasteiger partial charge in [-0.2, -0.15) is 0 Å². The zero-order chi connectivity index (χ0) is 18.8. The second-order valence-corrected chi connectivity index (χ2v) is 6.63. The van der Waals surface area contributed by atoms with E-state index in [0.29, 0.717) is 10.6 Å². The summed E-state index contributed by atoms with van der Waals surface area (Å²) in [4.78, 5) is 24.9. The first kappa shape index (κ1) is 18.2. The maximum Gasteiger partial charge on any atom is 0.152 e. The minimum absolute atomic E-state index is 0.0141. The van der Waals surface area contributed by atoms with Gasteiger partial charge in [0.25, 0.3) is 0 Å². The van der Waals surface area contributed by atoms with Gasteiger partial charge in [-0.3, -0.25) is 9.59 Å². The molecule has 1 aliphatic carbocycles. The normalized spacial score (nSPS) is 19.5. The molecule has 2 aromatic rings. The van der Waals surface area contributed by atoms with Crippen LogP contribution in [-0.4, -0.2) is 18.7 Å². The molecule has 0 spiro atoms. The maximum atomic E-state index is 14.9. The summed E-state index contributed by atoms with van der Waals surface area (Å²) in [5.41, 5.74) is 1.30. The smallest absolute Gasteiger partial charge is 0.152 e. The van der Waals surface area contributed by atoms with E-state index in [2.05, 4.69) is 5.92 Å². The van der Waals surface area contributed by atoms with Crippen molar-refractivity contribution in [3.8, 4) is 29.2 Å². The highest BCUT2D eigenvalue weighted by Crippen LogP contribution is 2.41. The lowest BCUT2D eigenvalue weighted by Gasteiger charge is -2.16. The molecule has 0 amide bonds. The lowest BCUT2D eigenvalue weighted by molar-refractivity contribution is -0.124. The van der Waals surface area contributed by atoms with Crippen LogP contribution in [0.25, 0.3) is 11.1 Å². The molecular weight excluding hydrogens is 355 g/mol. The lowest BCUT2D eigenvalue weighted by Crippen LogP contribution is -2.17. The van der Waals surface area contributed by atoms with Crippen LogP contribution in [0.4, 0.5) is 4.39 Å². The van der Waals surface area contributed by atoms with Crippen molar-refractivity contribution in [3.05, 3.63) is 52.8 Å². The predicted octanol–water partition coefficient (Wildman–Crippen LogP) is 4.42. The Balaban J connectivity index is 2.06. The van der Waals surface area contributed by atoms with Crippen LogP contribution < -0.4 is 4.74 Å². The second kappa shape index (κ2) is 7.31. The van der Waals surface area contributed by atoms with Gasteiger partial charge in [-0.15, -0.1) is 12.3 Å². The molecule has 1 saturated carbocycles. The van der Waals surface area contributed by atoms with Crippen LogP contribution in [0.15, 0.2) is 36.4 Å². The summed E-state index contributed by atoms with van der Waals surface area (Å²) in [6, 6.07) is 9.83. The van der Waals surface area contributed by atoms with E-state index in [1.165, 1.54) is 13.2 Å². The number of hydrogen-bond donors (Lipinski definition) is 0. The summed E-state index contributed by atoms with van der Waals surface area (Å²) in [5.74, 6) is -0.471. The number of ketones is 2. The number of methoxy groups -OCH3 is 1. The molecule has 132 valence electrons. The topological polar surface area (TPSA) is 43.4 Å². The van der Waals surface area contributed by atoms with E-state index in [1.807, 2.05) is 0 Å². The average Bonchev–Trinajstić information content (AvgIpc) is 2.89. The molecule has 3 nitrogen and oxygen atoms in total. The highest BCUT2D eigenvalue weighted by atomic mass is 35.5. The van der Waals surface area contributed by atoms with E-state index < -0.39 is 17.7 Å². The number of terminal acetylenes is 1. The molecule has 0 aromatic heterocycles. The maximum absolute atomic E-state index is 14.9. The summed E-state index contributed by atoms with van der Waals surface area (Å²) in [6.07, 6.45) is 5.47. The Morgan fingerprint density at radius 3 is 2.54 bits per heavy atom. The zero-order valence-electron chi connectivity index (χ0n) is 14.1. The molecule has 2 aromatic carbocycles. The van der Waals surface area contributed by atoms with Crippen LogP contribution in [0.1, 0.15) is 24.3 Å². The van der Waals surface area contributed by atoms with Crippen molar-refractivity contribution in [2.75, 3.05) is 7.11 Å². The third-order valence-corrected chi connectivity index (χ3v) is 4.85. The van der Waals surface area contributed by atoms with Gasteiger partial charge in [-0.05, 0) is 35.4 Å². The second-order valence-electron chi connectivity index (χ2n) is 6.19. The van der Waals surface area contributed by atoms with Gasteiger partial charge in [-0.1, -0.05) is 23.7 Å². The number of benzene rings is 2. The largest absolute Gasteiger partial charge is 0.496 e. The summed E-state index contributed by atoms with van der Waals surface area (Å²) >= 11 is 5.88. The van der Waals surface area contributed by atoms with Gasteiger partial charge < -0.3 is 4.74 Å². The molecule has 26 heavy (non-hydrogen) atoms. The average molecular weight is 371 g/mol. The lowest BCUT2D eigenvalue weighted by atomic mass is 9.90. The van der Waals surface area contributed by atoms with Crippen molar-refractivity contribution in [1.82, 2.24) is 0 Å². The highest BCUT2D eigenvalue weighted by molar-refractivity contribution is 6.30. The molecule has 5 heteroatoms. The first-order valence-electron chi connectivity index (χ1n) is 8.09. The quantitative estimate of drug-likeness (QED) is 0.591. The Bertz CT molecular complexity index is 912. The number of carbonyl (C=O) groups is 2. The number of Topliss-reactive ketones (excluding diaryl/α,β-unsaturated/α-hetero) is 2. The summed E-state index contributed by atoms with van der Waals surface area (Å²) < 4.78 is 20.2. The fourth-order valence-corrected chi connectivity index (χ4v) is 3.45. The van der Waals surface area contributed by atoms with Crippen molar-refractivity contribution < 1.29 is 18.7 Å². The van der Waals surface area contributed by atoms with E-state index in [0.717, 1.165) is 5.56 Å². The van der Waals surface area contributed by atoms with Gasteiger partial charge in [-0.25, -0.2) is 4.39 Å². The fourth-order valence-electron chi connectivity index (χ4n) is 3.32. The van der Waals surface area contributed by atoms with Crippen LogP contribution in [0, 0.1) is 24.1 Å². The number of ether oxygens (including phenoxy) is 1. The summed E-state index contributed by atoms with van der Waals surface area (Å²) in [6.45, 7) is 0. The number of halogens is 2. The Kier molecular flexibility index (Phi) is 5.11. The van der Waals surface area contributed by atoms with Gasteiger partial charge in [0.15, 0.2) is 5.78 Å². The van der Waals surface area contributed by atoms with Crippen LogP contribution in [0.5, 0.6) is 5.75 Å². The molecule has 1 fully saturated rings. The Morgan fingerprint density at radius 1 is 1.23 bits per heavy atom. The fraction of sp³-hybridized carbons (Fsp3) is 0.238. The van der Waals surface area contributed by atoms with Crippen molar-refractivity contribution >= 4 is 23.2 Å². The Hall–Kier alpha value is -2.64. The molecule has 0 heterocycles. The van der Waals surface area contributed by atoms with E-state index >= 15 is 0 Å².